The summed E-state index contributed by atoms with van der Waals surface area (Å²) < 4.78 is 11.2. The fraction of sp³-hybridized carbons (Fsp3) is 0.961. The van der Waals surface area contributed by atoms with Gasteiger partial charge in [0.05, 0.1) is 25.4 Å². The molecule has 11 heteroatoms. The summed E-state index contributed by atoms with van der Waals surface area (Å²) in [4.78, 5) is 13.3. The third-order valence-corrected chi connectivity index (χ3v) is 19.1. The van der Waals surface area contributed by atoms with Crippen molar-refractivity contribution >= 4 is 5.91 Å². The average Bonchev–Trinajstić information content (AvgIpc) is 2.02. The lowest BCUT2D eigenvalue weighted by Crippen LogP contribution is -2.60. The Morgan fingerprint density at radius 2 is 0.678 bits per heavy atom. The van der Waals surface area contributed by atoms with E-state index in [9.17, 15) is 40.5 Å². The van der Waals surface area contributed by atoms with Crippen LogP contribution in [-0.4, -0.2) is 110 Å². The molecule has 9 atom stereocenters. The Morgan fingerprint density at radius 3 is 0.989 bits per heavy atom. The third kappa shape index (κ3) is 52.0. The number of aliphatic hydroxyl groups is 7. The minimum Gasteiger partial charge on any atom is -0.394 e. The van der Waals surface area contributed by atoms with Crippen molar-refractivity contribution < 1.29 is 50.0 Å². The zero-order valence-electron chi connectivity index (χ0n) is 57.5. The van der Waals surface area contributed by atoms with Gasteiger partial charge in [0.1, 0.15) is 36.6 Å². The first-order valence-corrected chi connectivity index (χ1v) is 38.6. The van der Waals surface area contributed by atoms with Gasteiger partial charge in [0, 0.05) is 0 Å². The number of hydrogen-bond acceptors (Lipinski definition) is 10. The SMILES string of the molecule is CCCCCCCCCCCCCCCCCCC/C=C/CCCC(O)C(O)C(COC1OC(CO)C(O)C(O)C1O)NC(=O)C(O)CCCCCCCCCCCCCCCCCCCCCCCCCCCCCCCCCCCCCCCC. The van der Waals surface area contributed by atoms with E-state index in [-0.39, 0.29) is 12.8 Å². The molecule has 1 heterocycles. The first-order chi connectivity index (χ1) is 42.7. The van der Waals surface area contributed by atoms with Crippen LogP contribution in [0.3, 0.4) is 0 Å². The summed E-state index contributed by atoms with van der Waals surface area (Å²) in [5.41, 5.74) is 0. The van der Waals surface area contributed by atoms with Crippen molar-refractivity contribution in [1.29, 1.82) is 0 Å². The number of allylic oxidation sites excluding steroid dienone is 2. The first kappa shape index (κ1) is 83.9. The van der Waals surface area contributed by atoms with E-state index in [0.717, 1.165) is 38.5 Å². The van der Waals surface area contributed by atoms with E-state index in [1.165, 1.54) is 321 Å². The quantitative estimate of drug-likeness (QED) is 0.0215. The predicted molar refractivity (Wildman–Crippen MR) is 367 cm³/mol. The van der Waals surface area contributed by atoms with Crippen LogP contribution < -0.4 is 5.32 Å². The lowest BCUT2D eigenvalue weighted by atomic mass is 9.98. The summed E-state index contributed by atoms with van der Waals surface area (Å²) in [5, 5.41) is 76.6. The van der Waals surface area contributed by atoms with E-state index < -0.39 is 74.2 Å². The Labute approximate surface area is 538 Å². The maximum atomic E-state index is 13.3. The summed E-state index contributed by atoms with van der Waals surface area (Å²) >= 11 is 0. The van der Waals surface area contributed by atoms with Gasteiger partial charge >= 0.3 is 0 Å². The summed E-state index contributed by atoms with van der Waals surface area (Å²) in [6.45, 7) is 3.51. The van der Waals surface area contributed by atoms with Gasteiger partial charge in [0.25, 0.3) is 0 Å². The van der Waals surface area contributed by atoms with Crippen LogP contribution in [0.25, 0.3) is 0 Å². The number of unbranched alkanes of at least 4 members (excludes halogenated alkanes) is 55. The largest absolute Gasteiger partial charge is 0.394 e. The number of hydrogen-bond donors (Lipinski definition) is 8. The van der Waals surface area contributed by atoms with Gasteiger partial charge < -0.3 is 50.5 Å². The number of nitrogens with one attached hydrogen (secondary N) is 1. The number of carbonyl (C=O) groups is 1. The summed E-state index contributed by atoms with van der Waals surface area (Å²) in [5.74, 6) is -0.697. The van der Waals surface area contributed by atoms with Gasteiger partial charge in [-0.2, -0.15) is 0 Å². The van der Waals surface area contributed by atoms with E-state index in [1.54, 1.807) is 0 Å². The summed E-state index contributed by atoms with van der Waals surface area (Å²) in [6.07, 6.45) is 70.5. The molecule has 0 aliphatic carbocycles. The fourth-order valence-corrected chi connectivity index (χ4v) is 12.9. The zero-order chi connectivity index (χ0) is 63.1. The van der Waals surface area contributed by atoms with Crippen LogP contribution >= 0.6 is 0 Å². The highest BCUT2D eigenvalue weighted by atomic mass is 16.7. The monoisotopic (exact) mass is 1240 g/mol. The maximum absolute atomic E-state index is 13.3. The Kier molecular flexibility index (Phi) is 62.6. The number of ether oxygens (including phenoxy) is 2. The van der Waals surface area contributed by atoms with Gasteiger partial charge in [0.15, 0.2) is 6.29 Å². The standard InChI is InChI=1S/C76H149NO10/c1-3-5-7-9-11-13-15-17-19-21-23-25-27-28-29-30-31-32-33-34-35-36-37-38-39-40-41-42-44-46-48-50-52-54-56-58-60-62-64-69(80)75(85)77-67(66-86-76-74(84)73(83)72(82)70(65-78)87-76)71(81)68(79)63-61-59-57-55-53-51-49-47-45-43-26-24-22-20-18-16-14-12-10-8-6-4-2/h55,57,67-74,76,78-84H,3-54,56,58-66H2,1-2H3,(H,77,85)/b57-55+. The molecule has 1 aliphatic heterocycles. The molecular formula is C76H149NO10. The molecule has 0 aromatic heterocycles. The zero-order valence-corrected chi connectivity index (χ0v) is 57.5. The molecule has 0 bridgehead atoms. The van der Waals surface area contributed by atoms with Crippen molar-refractivity contribution in [3.63, 3.8) is 0 Å². The van der Waals surface area contributed by atoms with Gasteiger partial charge in [-0.3, -0.25) is 4.79 Å². The Balaban J connectivity index is 2.11. The fourth-order valence-electron chi connectivity index (χ4n) is 12.9. The number of aliphatic hydroxyl groups excluding tert-OH is 7. The van der Waals surface area contributed by atoms with Gasteiger partial charge in [-0.05, 0) is 38.5 Å². The van der Waals surface area contributed by atoms with E-state index in [4.69, 9.17) is 9.47 Å². The molecule has 518 valence electrons. The summed E-state index contributed by atoms with van der Waals surface area (Å²) in [6, 6.07) is -1.18. The van der Waals surface area contributed by atoms with Gasteiger partial charge in [-0.1, -0.05) is 373 Å². The molecule has 0 aromatic carbocycles. The second-order valence-corrected chi connectivity index (χ2v) is 27.4. The van der Waals surface area contributed by atoms with Crippen molar-refractivity contribution in [3.05, 3.63) is 12.2 Å². The smallest absolute Gasteiger partial charge is 0.249 e. The molecular weight excluding hydrogens is 1090 g/mol. The van der Waals surface area contributed by atoms with Gasteiger partial charge in [0.2, 0.25) is 5.91 Å². The van der Waals surface area contributed by atoms with Crippen LogP contribution in [0.15, 0.2) is 12.2 Å². The highest BCUT2D eigenvalue weighted by molar-refractivity contribution is 5.80. The van der Waals surface area contributed by atoms with Crippen LogP contribution in [0.4, 0.5) is 0 Å². The first-order valence-electron chi connectivity index (χ1n) is 38.6. The molecule has 9 unspecified atom stereocenters. The molecule has 0 aromatic rings. The molecule has 0 spiro atoms. The van der Waals surface area contributed by atoms with E-state index in [0.29, 0.717) is 12.8 Å². The van der Waals surface area contributed by atoms with Crippen molar-refractivity contribution in [2.45, 2.75) is 454 Å². The molecule has 1 rings (SSSR count). The topological polar surface area (TPSA) is 189 Å². The van der Waals surface area contributed by atoms with E-state index >= 15 is 0 Å². The third-order valence-electron chi connectivity index (χ3n) is 19.1. The average molecular weight is 1240 g/mol. The molecule has 1 amide bonds. The Bertz CT molecular complexity index is 1420. The second-order valence-electron chi connectivity index (χ2n) is 27.4. The van der Waals surface area contributed by atoms with E-state index in [2.05, 4.69) is 31.3 Å². The van der Waals surface area contributed by atoms with Gasteiger partial charge in [-0.25, -0.2) is 0 Å². The second kappa shape index (κ2) is 64.9. The molecule has 8 N–H and O–H groups in total. The van der Waals surface area contributed by atoms with Crippen molar-refractivity contribution in [2.75, 3.05) is 13.2 Å². The van der Waals surface area contributed by atoms with Crippen molar-refractivity contribution in [3.8, 4) is 0 Å². The molecule has 0 radical (unpaired) electrons. The van der Waals surface area contributed by atoms with Gasteiger partial charge in [-0.15, -0.1) is 0 Å². The molecule has 87 heavy (non-hydrogen) atoms. The molecule has 1 fully saturated rings. The lowest BCUT2D eigenvalue weighted by Gasteiger charge is -2.40. The number of amides is 1. The molecule has 0 saturated carbocycles. The highest BCUT2D eigenvalue weighted by Gasteiger charge is 2.44. The normalized spacial score (nSPS) is 18.7. The highest BCUT2D eigenvalue weighted by Crippen LogP contribution is 2.24. The van der Waals surface area contributed by atoms with E-state index in [1.807, 2.05) is 0 Å². The van der Waals surface area contributed by atoms with Crippen LogP contribution in [0, 0.1) is 0 Å². The van der Waals surface area contributed by atoms with Crippen LogP contribution in [0.1, 0.15) is 399 Å². The number of rotatable bonds is 69. The van der Waals surface area contributed by atoms with Crippen LogP contribution in [0.2, 0.25) is 0 Å². The van der Waals surface area contributed by atoms with Crippen LogP contribution in [-0.2, 0) is 14.3 Å². The minimum atomic E-state index is -1.67. The number of carbonyl (C=O) groups excluding carboxylic acids is 1. The molecule has 1 aliphatic rings. The lowest BCUT2D eigenvalue weighted by molar-refractivity contribution is -0.303. The Hall–Kier alpha value is -1.15. The molecule has 11 nitrogen and oxygen atoms in total. The van der Waals surface area contributed by atoms with Crippen LogP contribution in [0.5, 0.6) is 0 Å². The molecule has 1 saturated heterocycles. The predicted octanol–water partition coefficient (Wildman–Crippen LogP) is 19.4. The Morgan fingerprint density at radius 1 is 0.391 bits per heavy atom. The minimum absolute atomic E-state index is 0.260. The van der Waals surface area contributed by atoms with Crippen molar-refractivity contribution in [2.24, 2.45) is 0 Å². The van der Waals surface area contributed by atoms with Crippen molar-refractivity contribution in [1.82, 2.24) is 5.32 Å². The maximum Gasteiger partial charge on any atom is 0.249 e. The summed E-state index contributed by atoms with van der Waals surface area (Å²) in [7, 11) is 0.